The van der Waals surface area contributed by atoms with Crippen molar-refractivity contribution >= 4 is 20.4 Å². The first-order valence-electron chi connectivity index (χ1n) is 7.68. The fraction of sp³-hybridized carbons (Fsp3) is 0.625. The van der Waals surface area contributed by atoms with E-state index in [-0.39, 0.29) is 5.92 Å². The summed E-state index contributed by atoms with van der Waals surface area (Å²) in [6.07, 6.45) is 0. The molecule has 0 aliphatic heterocycles. The Morgan fingerprint density at radius 3 is 2.00 bits per heavy atom. The first kappa shape index (κ1) is 18.7. The number of rotatable bonds is 10. The van der Waals surface area contributed by atoms with Crippen LogP contribution in [-0.2, 0) is 19.2 Å². The number of hydrogen-bond acceptors (Lipinski definition) is 3. The lowest BCUT2D eigenvalue weighted by Crippen LogP contribution is -2.47. The Labute approximate surface area is 134 Å². The van der Waals surface area contributed by atoms with Crippen molar-refractivity contribution in [1.29, 1.82) is 0 Å². The van der Waals surface area contributed by atoms with Crippen molar-refractivity contribution < 1.29 is 13.3 Å². The average Bonchev–Trinajstić information content (AvgIpc) is 2.48. The minimum Gasteiger partial charge on any atom is -0.374 e. The number of hydrogen-bond donors (Lipinski definition) is 0. The summed E-state index contributed by atoms with van der Waals surface area (Å²) >= 11 is 6.05. The zero-order valence-electron chi connectivity index (χ0n) is 13.5. The van der Waals surface area contributed by atoms with E-state index in [4.69, 9.17) is 24.9 Å². The quantitative estimate of drug-likeness (QED) is 0.464. The van der Waals surface area contributed by atoms with E-state index in [0.717, 1.165) is 6.04 Å². The molecule has 1 aromatic carbocycles. The van der Waals surface area contributed by atoms with Crippen LogP contribution in [0.3, 0.4) is 0 Å². The van der Waals surface area contributed by atoms with Crippen molar-refractivity contribution in [2.24, 2.45) is 0 Å². The zero-order valence-corrected chi connectivity index (χ0v) is 15.3. The molecule has 0 fully saturated rings. The predicted molar refractivity (Wildman–Crippen MR) is 89.9 cm³/mol. The van der Waals surface area contributed by atoms with Crippen molar-refractivity contribution in [3.8, 4) is 0 Å². The molecular formula is C16H27ClO3Si. The van der Waals surface area contributed by atoms with Gasteiger partial charge in [-0.15, -0.1) is 11.6 Å². The van der Waals surface area contributed by atoms with Gasteiger partial charge in [-0.2, -0.15) is 0 Å². The van der Waals surface area contributed by atoms with Gasteiger partial charge in [-0.25, -0.2) is 0 Å². The molecule has 0 heterocycles. The lowest BCUT2D eigenvalue weighted by molar-refractivity contribution is 0.0699. The molecular weight excluding hydrogens is 304 g/mol. The molecule has 1 atom stereocenters. The van der Waals surface area contributed by atoms with Gasteiger partial charge in [0.1, 0.15) is 0 Å². The SMILES string of the molecule is CCO[Si](CC(C)c1ccccc1CCl)(OCC)OCC. The van der Waals surface area contributed by atoms with Gasteiger partial charge in [0.05, 0.1) is 0 Å². The van der Waals surface area contributed by atoms with Crippen LogP contribution < -0.4 is 0 Å². The molecule has 0 aliphatic carbocycles. The molecule has 21 heavy (non-hydrogen) atoms. The van der Waals surface area contributed by atoms with Crippen LogP contribution in [-0.4, -0.2) is 28.6 Å². The van der Waals surface area contributed by atoms with Gasteiger partial charge >= 0.3 is 8.80 Å². The van der Waals surface area contributed by atoms with Crippen LogP contribution >= 0.6 is 11.6 Å². The van der Waals surface area contributed by atoms with Gasteiger partial charge in [0.2, 0.25) is 0 Å². The molecule has 1 aromatic rings. The lowest BCUT2D eigenvalue weighted by Gasteiger charge is -2.31. The van der Waals surface area contributed by atoms with Crippen molar-refractivity contribution in [1.82, 2.24) is 0 Å². The van der Waals surface area contributed by atoms with E-state index in [1.54, 1.807) is 0 Å². The van der Waals surface area contributed by atoms with Gasteiger partial charge in [-0.1, -0.05) is 31.2 Å². The second-order valence-electron chi connectivity index (χ2n) is 4.92. The van der Waals surface area contributed by atoms with Gasteiger partial charge in [-0.05, 0) is 37.8 Å². The second kappa shape index (κ2) is 9.59. The Kier molecular flexibility index (Phi) is 8.52. The maximum atomic E-state index is 6.05. The summed E-state index contributed by atoms with van der Waals surface area (Å²) in [5.74, 6) is 0.809. The van der Waals surface area contributed by atoms with Gasteiger partial charge < -0.3 is 13.3 Å². The summed E-state index contributed by atoms with van der Waals surface area (Å²) < 4.78 is 17.8. The highest BCUT2D eigenvalue weighted by molar-refractivity contribution is 6.60. The number of alkyl halides is 1. The average molecular weight is 331 g/mol. The van der Waals surface area contributed by atoms with Crippen molar-refractivity contribution in [3.63, 3.8) is 0 Å². The van der Waals surface area contributed by atoms with E-state index < -0.39 is 8.80 Å². The van der Waals surface area contributed by atoms with E-state index >= 15 is 0 Å². The van der Waals surface area contributed by atoms with E-state index in [2.05, 4.69) is 19.1 Å². The molecule has 0 aliphatic rings. The van der Waals surface area contributed by atoms with Crippen molar-refractivity contribution in [2.45, 2.75) is 45.5 Å². The Morgan fingerprint density at radius 2 is 1.52 bits per heavy atom. The maximum Gasteiger partial charge on any atom is 0.501 e. The van der Waals surface area contributed by atoms with Gasteiger partial charge in [0.25, 0.3) is 0 Å². The fourth-order valence-corrected chi connectivity index (χ4v) is 5.72. The van der Waals surface area contributed by atoms with Gasteiger partial charge in [0.15, 0.2) is 0 Å². The standard InChI is InChI=1S/C16H27ClO3Si/c1-5-18-21(19-6-2,20-7-3)13-14(4)16-11-9-8-10-15(16)12-17/h8-11,14H,5-7,12-13H2,1-4H3. The molecule has 1 unspecified atom stereocenters. The van der Waals surface area contributed by atoms with Crippen LogP contribution in [0.2, 0.25) is 6.04 Å². The normalized spacial score (nSPS) is 13.4. The molecule has 0 radical (unpaired) electrons. The van der Waals surface area contributed by atoms with E-state index in [1.165, 1.54) is 11.1 Å². The molecule has 5 heteroatoms. The van der Waals surface area contributed by atoms with Crippen LogP contribution in [0.15, 0.2) is 24.3 Å². The largest absolute Gasteiger partial charge is 0.501 e. The third-order valence-electron chi connectivity index (χ3n) is 3.38. The molecule has 0 spiro atoms. The minimum absolute atomic E-state index is 0.288. The Balaban J connectivity index is 2.95. The molecule has 0 saturated carbocycles. The molecule has 3 nitrogen and oxygen atoms in total. The second-order valence-corrected chi connectivity index (χ2v) is 7.83. The molecule has 0 amide bonds. The Bertz CT molecular complexity index is 397. The Hall–Kier alpha value is -0.393. The smallest absolute Gasteiger partial charge is 0.374 e. The summed E-state index contributed by atoms with van der Waals surface area (Å²) in [5.41, 5.74) is 2.42. The highest BCUT2D eigenvalue weighted by atomic mass is 35.5. The predicted octanol–water partition coefficient (Wildman–Crippen LogP) is 4.58. The van der Waals surface area contributed by atoms with Crippen LogP contribution in [0.25, 0.3) is 0 Å². The summed E-state index contributed by atoms with van der Waals surface area (Å²) in [6, 6.07) is 9.05. The Morgan fingerprint density at radius 1 is 1.00 bits per heavy atom. The molecule has 0 aromatic heterocycles. The summed E-state index contributed by atoms with van der Waals surface area (Å²) in [7, 11) is -2.62. The highest BCUT2D eigenvalue weighted by Crippen LogP contribution is 2.31. The van der Waals surface area contributed by atoms with E-state index in [9.17, 15) is 0 Å². The summed E-state index contributed by atoms with van der Waals surface area (Å²) in [6.45, 7) is 9.96. The summed E-state index contributed by atoms with van der Waals surface area (Å²) in [4.78, 5) is 0. The first-order valence-corrected chi connectivity index (χ1v) is 10.1. The maximum absolute atomic E-state index is 6.05. The fourth-order valence-electron chi connectivity index (χ4n) is 2.58. The molecule has 1 rings (SSSR count). The van der Waals surface area contributed by atoms with Crippen LogP contribution in [0.4, 0.5) is 0 Å². The van der Waals surface area contributed by atoms with Crippen molar-refractivity contribution in [3.05, 3.63) is 35.4 Å². The topological polar surface area (TPSA) is 27.7 Å². The monoisotopic (exact) mass is 330 g/mol. The number of halogens is 1. The lowest BCUT2D eigenvalue weighted by atomic mass is 9.98. The van der Waals surface area contributed by atoms with Gasteiger partial charge in [-0.3, -0.25) is 0 Å². The molecule has 0 saturated heterocycles. The first-order chi connectivity index (χ1) is 10.1. The molecule has 120 valence electrons. The van der Waals surface area contributed by atoms with E-state index in [1.807, 2.05) is 32.9 Å². The minimum atomic E-state index is -2.62. The van der Waals surface area contributed by atoms with Crippen LogP contribution in [0.5, 0.6) is 0 Å². The van der Waals surface area contributed by atoms with Crippen LogP contribution in [0, 0.1) is 0 Å². The third-order valence-corrected chi connectivity index (χ3v) is 6.96. The highest BCUT2D eigenvalue weighted by Gasteiger charge is 2.42. The summed E-state index contributed by atoms with van der Waals surface area (Å²) in [5, 5.41) is 0. The zero-order chi connectivity index (χ0) is 15.7. The number of benzene rings is 1. The van der Waals surface area contributed by atoms with E-state index in [0.29, 0.717) is 25.7 Å². The van der Waals surface area contributed by atoms with Crippen LogP contribution in [0.1, 0.15) is 44.7 Å². The third kappa shape index (κ3) is 5.38. The van der Waals surface area contributed by atoms with Gasteiger partial charge in [0, 0.05) is 31.7 Å². The molecule has 0 N–H and O–H groups in total. The van der Waals surface area contributed by atoms with Crippen molar-refractivity contribution in [2.75, 3.05) is 19.8 Å². The molecule has 0 bridgehead atoms.